The molecule has 1 atom stereocenters. The van der Waals surface area contributed by atoms with Crippen LogP contribution in [0, 0.1) is 6.92 Å². The van der Waals surface area contributed by atoms with Crippen molar-refractivity contribution < 1.29 is 14.9 Å². The van der Waals surface area contributed by atoms with E-state index >= 15 is 0 Å². The summed E-state index contributed by atoms with van der Waals surface area (Å²) in [4.78, 5) is 8.51. The lowest BCUT2D eigenvalue weighted by molar-refractivity contribution is 0.280. The average Bonchev–Trinajstić information content (AvgIpc) is 2.55. The molecule has 5 nitrogen and oxygen atoms in total. The van der Waals surface area contributed by atoms with Gasteiger partial charge in [-0.3, -0.25) is 9.98 Å². The monoisotopic (exact) mass is 300 g/mol. The topological polar surface area (TPSA) is 74.9 Å². The number of benzene rings is 1. The number of para-hydroxylation sites is 1. The van der Waals surface area contributed by atoms with Crippen molar-refractivity contribution in [3.8, 4) is 11.5 Å². The first-order chi connectivity index (χ1) is 10.6. The highest BCUT2D eigenvalue weighted by Gasteiger charge is 2.12. The number of ether oxygens (including phenoxy) is 1. The third kappa shape index (κ3) is 3.26. The van der Waals surface area contributed by atoms with Crippen molar-refractivity contribution >= 4 is 6.21 Å². The van der Waals surface area contributed by atoms with Gasteiger partial charge in [0.2, 0.25) is 0 Å². The van der Waals surface area contributed by atoms with Gasteiger partial charge in [-0.25, -0.2) is 0 Å². The van der Waals surface area contributed by atoms with E-state index in [0.29, 0.717) is 16.8 Å². The summed E-state index contributed by atoms with van der Waals surface area (Å²) in [5.74, 6) is 0.812. The van der Waals surface area contributed by atoms with Crippen LogP contribution in [0.15, 0.2) is 35.5 Å². The molecule has 0 amide bonds. The fraction of sp³-hybridized carbons (Fsp3) is 0.294. The Balaban J connectivity index is 2.34. The molecule has 0 aliphatic carbocycles. The zero-order valence-electron chi connectivity index (χ0n) is 12.9. The second-order valence-corrected chi connectivity index (χ2v) is 4.99. The lowest BCUT2D eigenvalue weighted by Gasteiger charge is -2.12. The number of aliphatic hydroxyl groups excluding tert-OH is 1. The number of aryl methyl sites for hydroxylation is 1. The molecule has 0 unspecified atom stereocenters. The van der Waals surface area contributed by atoms with E-state index in [4.69, 9.17) is 4.74 Å². The van der Waals surface area contributed by atoms with Crippen molar-refractivity contribution in [3.05, 3.63) is 52.8 Å². The summed E-state index contributed by atoms with van der Waals surface area (Å²) in [7, 11) is 1.62. The molecular weight excluding hydrogens is 280 g/mol. The van der Waals surface area contributed by atoms with Gasteiger partial charge in [0, 0.05) is 29.1 Å². The van der Waals surface area contributed by atoms with Crippen LogP contribution in [0.25, 0.3) is 0 Å². The molecule has 0 aliphatic rings. The van der Waals surface area contributed by atoms with E-state index < -0.39 is 0 Å². The van der Waals surface area contributed by atoms with Gasteiger partial charge in [-0.1, -0.05) is 18.2 Å². The van der Waals surface area contributed by atoms with Gasteiger partial charge in [0.25, 0.3) is 0 Å². The van der Waals surface area contributed by atoms with Gasteiger partial charge in [-0.05, 0) is 19.9 Å². The minimum Gasteiger partial charge on any atom is -0.505 e. The number of hydrogen-bond acceptors (Lipinski definition) is 5. The number of rotatable bonds is 5. The summed E-state index contributed by atoms with van der Waals surface area (Å²) >= 11 is 0. The standard InChI is InChI=1S/C17H20N2O3/c1-11(14-6-4-5-7-16(14)22-3)19-9-15-13(10-20)8-18-12(2)17(15)21/h4-9,11,20-21H,10H2,1-3H3/t11-/m0/s1. The summed E-state index contributed by atoms with van der Waals surface area (Å²) in [6.07, 6.45) is 3.12. The molecule has 2 rings (SSSR count). The minimum absolute atomic E-state index is 0.0440. The molecule has 2 N–H and O–H groups in total. The van der Waals surface area contributed by atoms with E-state index in [1.165, 1.54) is 0 Å². The van der Waals surface area contributed by atoms with Crippen LogP contribution in [-0.4, -0.2) is 28.5 Å². The van der Waals surface area contributed by atoms with Crippen molar-refractivity contribution in [3.63, 3.8) is 0 Å². The molecule has 1 aromatic heterocycles. The molecular formula is C17H20N2O3. The number of aliphatic hydroxyl groups is 1. The molecule has 116 valence electrons. The Labute approximate surface area is 129 Å². The number of methoxy groups -OCH3 is 1. The highest BCUT2D eigenvalue weighted by molar-refractivity contribution is 5.85. The maximum Gasteiger partial charge on any atom is 0.145 e. The van der Waals surface area contributed by atoms with E-state index in [1.54, 1.807) is 26.4 Å². The maximum atomic E-state index is 10.1. The Morgan fingerprint density at radius 3 is 2.77 bits per heavy atom. The highest BCUT2D eigenvalue weighted by atomic mass is 16.5. The third-order valence-electron chi connectivity index (χ3n) is 3.54. The van der Waals surface area contributed by atoms with E-state index in [1.807, 2.05) is 31.2 Å². The molecule has 22 heavy (non-hydrogen) atoms. The first-order valence-electron chi connectivity index (χ1n) is 7.02. The number of nitrogens with zero attached hydrogens (tertiary/aromatic N) is 2. The van der Waals surface area contributed by atoms with E-state index in [9.17, 15) is 10.2 Å². The molecule has 0 fully saturated rings. The number of aromatic hydroxyl groups is 1. The fourth-order valence-electron chi connectivity index (χ4n) is 2.20. The first-order valence-corrected chi connectivity index (χ1v) is 7.02. The van der Waals surface area contributed by atoms with Crippen molar-refractivity contribution in [2.24, 2.45) is 4.99 Å². The molecule has 2 aromatic rings. The molecule has 0 bridgehead atoms. The maximum absolute atomic E-state index is 10.1. The summed E-state index contributed by atoms with van der Waals surface area (Å²) in [5, 5.41) is 19.5. The van der Waals surface area contributed by atoms with Gasteiger partial charge in [0.1, 0.15) is 11.5 Å². The Hall–Kier alpha value is -2.40. The Kier molecular flexibility index (Phi) is 5.12. The molecule has 0 aliphatic heterocycles. The van der Waals surface area contributed by atoms with Crippen molar-refractivity contribution in [2.45, 2.75) is 26.5 Å². The van der Waals surface area contributed by atoms with Crippen LogP contribution in [0.4, 0.5) is 0 Å². The van der Waals surface area contributed by atoms with Crippen LogP contribution < -0.4 is 4.74 Å². The van der Waals surface area contributed by atoms with Crippen molar-refractivity contribution in [1.82, 2.24) is 4.98 Å². The second kappa shape index (κ2) is 7.04. The molecule has 1 aromatic carbocycles. The number of hydrogen-bond donors (Lipinski definition) is 2. The summed E-state index contributed by atoms with van der Waals surface area (Å²) in [6, 6.07) is 7.52. The van der Waals surface area contributed by atoms with E-state index in [-0.39, 0.29) is 18.4 Å². The Bertz CT molecular complexity index is 684. The van der Waals surface area contributed by atoms with Gasteiger partial charge >= 0.3 is 0 Å². The van der Waals surface area contributed by atoms with Gasteiger partial charge in [0.15, 0.2) is 0 Å². The summed E-state index contributed by atoms with van der Waals surface area (Å²) in [5.41, 5.74) is 2.50. The number of aromatic nitrogens is 1. The summed E-state index contributed by atoms with van der Waals surface area (Å²) in [6.45, 7) is 3.45. The van der Waals surface area contributed by atoms with Gasteiger partial charge < -0.3 is 14.9 Å². The Morgan fingerprint density at radius 2 is 2.09 bits per heavy atom. The predicted octanol–water partition coefficient (Wildman–Crippen LogP) is 2.78. The minimum atomic E-state index is -0.203. The first kappa shape index (κ1) is 16.0. The quantitative estimate of drug-likeness (QED) is 0.833. The fourth-order valence-corrected chi connectivity index (χ4v) is 2.20. The SMILES string of the molecule is COc1ccccc1[C@H](C)N=Cc1c(CO)cnc(C)c1O. The zero-order chi connectivity index (χ0) is 16.1. The van der Waals surface area contributed by atoms with Crippen LogP contribution in [0.3, 0.4) is 0 Å². The number of pyridine rings is 1. The largest absolute Gasteiger partial charge is 0.505 e. The van der Waals surface area contributed by atoms with Gasteiger partial charge in [-0.15, -0.1) is 0 Å². The molecule has 0 saturated heterocycles. The van der Waals surface area contributed by atoms with E-state index in [0.717, 1.165) is 11.3 Å². The predicted molar refractivity (Wildman–Crippen MR) is 85.6 cm³/mol. The van der Waals surface area contributed by atoms with Gasteiger partial charge in [0.05, 0.1) is 25.5 Å². The highest BCUT2D eigenvalue weighted by Crippen LogP contribution is 2.28. The van der Waals surface area contributed by atoms with Crippen LogP contribution in [0.5, 0.6) is 11.5 Å². The van der Waals surface area contributed by atoms with Crippen LogP contribution in [0.1, 0.15) is 35.3 Å². The summed E-state index contributed by atoms with van der Waals surface area (Å²) < 4.78 is 5.33. The lowest BCUT2D eigenvalue weighted by Crippen LogP contribution is -2.00. The smallest absolute Gasteiger partial charge is 0.145 e. The molecule has 1 heterocycles. The molecule has 0 spiro atoms. The van der Waals surface area contributed by atoms with Crippen LogP contribution in [0.2, 0.25) is 0 Å². The molecule has 5 heteroatoms. The Morgan fingerprint density at radius 1 is 1.36 bits per heavy atom. The van der Waals surface area contributed by atoms with Crippen molar-refractivity contribution in [1.29, 1.82) is 0 Å². The van der Waals surface area contributed by atoms with Crippen LogP contribution >= 0.6 is 0 Å². The second-order valence-electron chi connectivity index (χ2n) is 4.99. The normalized spacial score (nSPS) is 12.5. The van der Waals surface area contributed by atoms with Crippen molar-refractivity contribution in [2.75, 3.05) is 7.11 Å². The van der Waals surface area contributed by atoms with Crippen LogP contribution in [-0.2, 0) is 6.61 Å². The van der Waals surface area contributed by atoms with Gasteiger partial charge in [-0.2, -0.15) is 0 Å². The molecule has 0 saturated carbocycles. The zero-order valence-corrected chi connectivity index (χ0v) is 12.9. The average molecular weight is 300 g/mol. The number of aliphatic imine (C=N–C) groups is 1. The molecule has 0 radical (unpaired) electrons. The van der Waals surface area contributed by atoms with E-state index in [2.05, 4.69) is 9.98 Å². The third-order valence-corrected chi connectivity index (χ3v) is 3.54. The lowest BCUT2D eigenvalue weighted by atomic mass is 10.1.